The summed E-state index contributed by atoms with van der Waals surface area (Å²) in [5, 5.41) is 0. The Hall–Kier alpha value is -2.34. The number of aryl methyl sites for hydroxylation is 2. The van der Waals surface area contributed by atoms with Crippen LogP contribution in [0, 0.1) is 13.8 Å². The van der Waals surface area contributed by atoms with Gasteiger partial charge in [0.25, 0.3) is 0 Å². The molecule has 0 unspecified atom stereocenters. The van der Waals surface area contributed by atoms with Gasteiger partial charge in [0.2, 0.25) is 5.95 Å². The first-order valence-electron chi connectivity index (χ1n) is 9.94. The molecule has 1 aromatic carbocycles. The van der Waals surface area contributed by atoms with Crippen LogP contribution < -0.4 is 14.7 Å². The fourth-order valence-corrected chi connectivity index (χ4v) is 3.86. The molecular formula is C21H30N6. The Balaban J connectivity index is 1.45. The third-order valence-corrected chi connectivity index (χ3v) is 5.59. The summed E-state index contributed by atoms with van der Waals surface area (Å²) in [6.45, 7) is 12.4. The molecule has 0 saturated carbocycles. The number of rotatable bonds is 3. The van der Waals surface area contributed by atoms with Gasteiger partial charge in [0, 0.05) is 69.8 Å². The van der Waals surface area contributed by atoms with Gasteiger partial charge in [-0.3, -0.25) is 0 Å². The summed E-state index contributed by atoms with van der Waals surface area (Å²) in [6, 6.07) is 10.9. The normalized spacial score (nSPS) is 18.9. The largest absolute Gasteiger partial charge is 0.368 e. The predicted molar refractivity (Wildman–Crippen MR) is 112 cm³/mol. The third kappa shape index (κ3) is 4.16. The van der Waals surface area contributed by atoms with Gasteiger partial charge in [-0.25, -0.2) is 4.98 Å². The number of hydrogen-bond donors (Lipinski definition) is 0. The average Bonchev–Trinajstić information content (AvgIpc) is 2.68. The zero-order chi connectivity index (χ0) is 18.8. The molecule has 2 aromatic rings. The van der Waals surface area contributed by atoms with E-state index in [-0.39, 0.29) is 0 Å². The van der Waals surface area contributed by atoms with Crippen LogP contribution in [0.1, 0.15) is 11.3 Å². The number of aromatic nitrogens is 2. The first-order valence-corrected chi connectivity index (χ1v) is 9.94. The average molecular weight is 367 g/mol. The minimum absolute atomic E-state index is 0.882. The highest BCUT2D eigenvalue weighted by Gasteiger charge is 2.22. The molecule has 6 nitrogen and oxygen atoms in total. The molecular weight excluding hydrogens is 336 g/mol. The van der Waals surface area contributed by atoms with E-state index in [1.165, 1.54) is 11.3 Å². The molecule has 6 heteroatoms. The molecule has 2 fully saturated rings. The highest BCUT2D eigenvalue weighted by molar-refractivity contribution is 5.51. The van der Waals surface area contributed by atoms with E-state index in [4.69, 9.17) is 9.97 Å². The van der Waals surface area contributed by atoms with Gasteiger partial charge in [-0.2, -0.15) is 4.98 Å². The van der Waals surface area contributed by atoms with Crippen LogP contribution in [0.2, 0.25) is 0 Å². The van der Waals surface area contributed by atoms with Crippen LogP contribution in [0.3, 0.4) is 0 Å². The Morgan fingerprint density at radius 3 is 2.11 bits per heavy atom. The van der Waals surface area contributed by atoms with Crippen molar-refractivity contribution < 1.29 is 0 Å². The topological polar surface area (TPSA) is 38.7 Å². The van der Waals surface area contributed by atoms with E-state index in [0.717, 1.165) is 69.8 Å². The zero-order valence-corrected chi connectivity index (χ0v) is 16.7. The number of nitrogens with zero attached hydrogens (tertiary/aromatic N) is 6. The van der Waals surface area contributed by atoms with Crippen molar-refractivity contribution in [2.24, 2.45) is 0 Å². The molecule has 4 rings (SSSR count). The smallest absolute Gasteiger partial charge is 0.227 e. The van der Waals surface area contributed by atoms with Crippen molar-refractivity contribution in [1.29, 1.82) is 0 Å². The lowest BCUT2D eigenvalue weighted by Gasteiger charge is -2.37. The number of anilines is 3. The van der Waals surface area contributed by atoms with E-state index in [0.29, 0.717) is 0 Å². The SMILES string of the molecule is Cc1cccc(N2CCN(c3nc(C)cc(N4CCN(C)CC4)n3)CC2)c1. The van der Waals surface area contributed by atoms with Crippen LogP contribution in [0.25, 0.3) is 0 Å². The van der Waals surface area contributed by atoms with Gasteiger partial charge < -0.3 is 19.6 Å². The Bertz CT molecular complexity index is 776. The number of hydrogen-bond acceptors (Lipinski definition) is 6. The predicted octanol–water partition coefficient (Wildman–Crippen LogP) is 2.17. The second-order valence-corrected chi connectivity index (χ2v) is 7.77. The first kappa shape index (κ1) is 18.0. The van der Waals surface area contributed by atoms with E-state index in [1.54, 1.807) is 0 Å². The Kier molecular flexibility index (Phi) is 5.16. The molecule has 0 amide bonds. The molecule has 144 valence electrons. The molecule has 0 aliphatic carbocycles. The Morgan fingerprint density at radius 1 is 0.741 bits per heavy atom. The summed E-state index contributed by atoms with van der Waals surface area (Å²) < 4.78 is 0. The Labute approximate surface area is 162 Å². The van der Waals surface area contributed by atoms with Crippen LogP contribution in [0.4, 0.5) is 17.5 Å². The number of likely N-dealkylation sites (N-methyl/N-ethyl adjacent to an activating group) is 1. The van der Waals surface area contributed by atoms with Gasteiger partial charge in [-0.15, -0.1) is 0 Å². The molecule has 0 spiro atoms. The van der Waals surface area contributed by atoms with Crippen molar-refractivity contribution >= 4 is 17.5 Å². The minimum atomic E-state index is 0.882. The van der Waals surface area contributed by atoms with E-state index >= 15 is 0 Å². The fraction of sp³-hybridized carbons (Fsp3) is 0.524. The number of piperazine rings is 2. The summed E-state index contributed by atoms with van der Waals surface area (Å²) in [4.78, 5) is 19.2. The summed E-state index contributed by atoms with van der Waals surface area (Å²) in [7, 11) is 2.18. The quantitative estimate of drug-likeness (QED) is 0.829. The molecule has 0 radical (unpaired) electrons. The molecule has 1 aromatic heterocycles. The summed E-state index contributed by atoms with van der Waals surface area (Å²) in [6.07, 6.45) is 0. The molecule has 3 heterocycles. The second-order valence-electron chi connectivity index (χ2n) is 7.77. The maximum absolute atomic E-state index is 4.92. The highest BCUT2D eigenvalue weighted by atomic mass is 15.3. The molecule has 0 bridgehead atoms. The zero-order valence-electron chi connectivity index (χ0n) is 16.7. The maximum Gasteiger partial charge on any atom is 0.227 e. The lowest BCUT2D eigenvalue weighted by molar-refractivity contribution is 0.312. The van der Waals surface area contributed by atoms with E-state index in [2.05, 4.69) is 70.8 Å². The highest BCUT2D eigenvalue weighted by Crippen LogP contribution is 2.22. The molecule has 2 aliphatic rings. The van der Waals surface area contributed by atoms with Crippen molar-refractivity contribution in [2.75, 3.05) is 74.1 Å². The molecule has 0 N–H and O–H groups in total. The number of benzene rings is 1. The van der Waals surface area contributed by atoms with Crippen molar-refractivity contribution in [3.63, 3.8) is 0 Å². The van der Waals surface area contributed by atoms with Gasteiger partial charge in [0.05, 0.1) is 0 Å². The Morgan fingerprint density at radius 2 is 1.41 bits per heavy atom. The van der Waals surface area contributed by atoms with Crippen LogP contribution in [-0.2, 0) is 0 Å². The van der Waals surface area contributed by atoms with Crippen molar-refractivity contribution in [3.05, 3.63) is 41.6 Å². The molecule has 0 atom stereocenters. The third-order valence-electron chi connectivity index (χ3n) is 5.59. The monoisotopic (exact) mass is 366 g/mol. The minimum Gasteiger partial charge on any atom is -0.368 e. The van der Waals surface area contributed by atoms with Crippen molar-refractivity contribution in [1.82, 2.24) is 14.9 Å². The van der Waals surface area contributed by atoms with E-state index in [9.17, 15) is 0 Å². The van der Waals surface area contributed by atoms with Crippen LogP contribution in [-0.4, -0.2) is 74.3 Å². The van der Waals surface area contributed by atoms with E-state index < -0.39 is 0 Å². The van der Waals surface area contributed by atoms with Crippen LogP contribution in [0.5, 0.6) is 0 Å². The van der Waals surface area contributed by atoms with Crippen LogP contribution in [0.15, 0.2) is 30.3 Å². The lowest BCUT2D eigenvalue weighted by atomic mass is 10.2. The van der Waals surface area contributed by atoms with Crippen molar-refractivity contribution in [3.8, 4) is 0 Å². The first-order chi connectivity index (χ1) is 13.1. The summed E-state index contributed by atoms with van der Waals surface area (Å²) in [5.74, 6) is 1.96. The summed E-state index contributed by atoms with van der Waals surface area (Å²) >= 11 is 0. The summed E-state index contributed by atoms with van der Waals surface area (Å²) in [5.41, 5.74) is 3.68. The van der Waals surface area contributed by atoms with E-state index in [1.807, 2.05) is 0 Å². The fourth-order valence-electron chi connectivity index (χ4n) is 3.86. The molecule has 2 saturated heterocycles. The van der Waals surface area contributed by atoms with Gasteiger partial charge in [0.15, 0.2) is 0 Å². The van der Waals surface area contributed by atoms with Gasteiger partial charge >= 0.3 is 0 Å². The molecule has 27 heavy (non-hydrogen) atoms. The maximum atomic E-state index is 4.92. The van der Waals surface area contributed by atoms with Gasteiger partial charge in [0.1, 0.15) is 5.82 Å². The second kappa shape index (κ2) is 7.72. The standard InChI is InChI=1S/C21H30N6/c1-17-5-4-6-19(15-17)25-11-13-27(14-12-25)21-22-18(2)16-20(23-21)26-9-7-24(3)8-10-26/h4-6,15-16H,7-14H2,1-3H3. The lowest BCUT2D eigenvalue weighted by Crippen LogP contribution is -2.47. The van der Waals surface area contributed by atoms with Gasteiger partial charge in [-0.05, 0) is 38.6 Å². The molecule has 2 aliphatic heterocycles. The van der Waals surface area contributed by atoms with Gasteiger partial charge in [-0.1, -0.05) is 12.1 Å². The van der Waals surface area contributed by atoms with Crippen LogP contribution >= 0.6 is 0 Å². The van der Waals surface area contributed by atoms with Crippen molar-refractivity contribution in [2.45, 2.75) is 13.8 Å².